The number of nitrogens with zero attached hydrogens (tertiary/aromatic N) is 2. The molecular weight excluding hydrogens is 564 g/mol. The Kier molecular flexibility index (Phi) is 15.3. The van der Waals surface area contributed by atoms with Gasteiger partial charge in [-0.1, -0.05) is 0 Å². The first-order chi connectivity index (χ1) is 19.4. The Morgan fingerprint density at radius 1 is 0.927 bits per heavy atom. The van der Waals surface area contributed by atoms with Crippen molar-refractivity contribution in [3.63, 3.8) is 0 Å². The van der Waals surface area contributed by atoms with Gasteiger partial charge >= 0.3 is 11.9 Å². The Bertz CT molecular complexity index is 1080. The van der Waals surface area contributed by atoms with Gasteiger partial charge in [0.1, 0.15) is 24.2 Å². The minimum Gasteiger partial charge on any atom is -0.481 e. The predicted molar refractivity (Wildman–Crippen MR) is 147 cm³/mol. The van der Waals surface area contributed by atoms with Crippen molar-refractivity contribution in [2.75, 3.05) is 18.8 Å². The maximum atomic E-state index is 13.2. The van der Waals surface area contributed by atoms with E-state index in [2.05, 4.69) is 48.9 Å². The van der Waals surface area contributed by atoms with Crippen LogP contribution in [-0.2, 0) is 35.2 Å². The molecule has 0 radical (unpaired) electrons. The molecule has 0 bridgehead atoms. The van der Waals surface area contributed by atoms with Gasteiger partial charge in [-0.25, -0.2) is 9.78 Å². The summed E-state index contributed by atoms with van der Waals surface area (Å²) in [6.45, 7) is -0.281. The first kappa shape index (κ1) is 34.6. The summed E-state index contributed by atoms with van der Waals surface area (Å²) in [5.74, 6) is -6.21. The number of thiol groups is 1. The number of carboxylic acid groups (broad SMARTS) is 2. The van der Waals surface area contributed by atoms with Crippen molar-refractivity contribution in [2.24, 2.45) is 22.2 Å². The standard InChI is InChI=1S/C22H36N10O8S/c23-7-16(33)29-15(9-41)20(38)30-12(3-4-17(34)35)18(36)32-14(6-11-8-26-10-28-11)19(37)31-13(21(39)40)2-1-5-27-22(24)25/h8,10,12-15,41H,1-7,9,23H2,(H,26,28)(H,29,33)(H,30,38)(H,31,37)(H,32,36)(H,34,35)(H,39,40)(H4,24,25,27)/t12-,13-,14-,15-/m0/s1. The summed E-state index contributed by atoms with van der Waals surface area (Å²) in [5.41, 5.74) is 16.2. The molecular formula is C22H36N10O8S. The molecule has 19 heteroatoms. The van der Waals surface area contributed by atoms with Gasteiger partial charge in [-0.15, -0.1) is 0 Å². The third kappa shape index (κ3) is 13.5. The summed E-state index contributed by atoms with van der Waals surface area (Å²) in [6, 6.07) is -5.33. The lowest BCUT2D eigenvalue weighted by Crippen LogP contribution is -2.58. The summed E-state index contributed by atoms with van der Waals surface area (Å²) in [5, 5.41) is 28.2. The zero-order valence-electron chi connectivity index (χ0n) is 22.0. The maximum absolute atomic E-state index is 13.2. The highest BCUT2D eigenvalue weighted by molar-refractivity contribution is 7.80. The van der Waals surface area contributed by atoms with Gasteiger partial charge < -0.3 is 53.7 Å². The van der Waals surface area contributed by atoms with Crippen molar-refractivity contribution in [1.29, 1.82) is 0 Å². The summed E-state index contributed by atoms with van der Waals surface area (Å²) >= 11 is 4.01. The quantitative estimate of drug-likeness (QED) is 0.0311. The minimum absolute atomic E-state index is 0.0283. The minimum atomic E-state index is -1.44. The van der Waals surface area contributed by atoms with Crippen molar-refractivity contribution in [3.8, 4) is 0 Å². The van der Waals surface area contributed by atoms with E-state index in [1.165, 1.54) is 12.5 Å². The molecule has 41 heavy (non-hydrogen) atoms. The van der Waals surface area contributed by atoms with Crippen LogP contribution in [0.1, 0.15) is 31.4 Å². The third-order valence-electron chi connectivity index (χ3n) is 5.47. The van der Waals surface area contributed by atoms with Gasteiger partial charge in [0.25, 0.3) is 0 Å². The molecule has 4 atom stereocenters. The number of nitrogens with one attached hydrogen (secondary N) is 5. The number of carboxylic acids is 2. The van der Waals surface area contributed by atoms with Gasteiger partial charge in [-0.05, 0) is 19.3 Å². The molecule has 0 aliphatic carbocycles. The monoisotopic (exact) mass is 600 g/mol. The van der Waals surface area contributed by atoms with Crippen LogP contribution in [0.25, 0.3) is 0 Å². The second-order valence-electron chi connectivity index (χ2n) is 8.69. The summed E-state index contributed by atoms with van der Waals surface area (Å²) < 4.78 is 0. The van der Waals surface area contributed by atoms with E-state index < -0.39 is 72.7 Å². The van der Waals surface area contributed by atoms with Crippen LogP contribution in [-0.4, -0.2) is 105 Å². The summed E-state index contributed by atoms with van der Waals surface area (Å²) in [7, 11) is 0. The highest BCUT2D eigenvalue weighted by atomic mass is 32.1. The zero-order chi connectivity index (χ0) is 30.9. The van der Waals surface area contributed by atoms with Crippen molar-refractivity contribution >= 4 is 54.2 Å². The number of rotatable bonds is 19. The molecule has 0 unspecified atom stereocenters. The molecule has 1 aromatic rings. The smallest absolute Gasteiger partial charge is 0.326 e. The Morgan fingerprint density at radius 2 is 1.54 bits per heavy atom. The number of aromatic nitrogens is 2. The van der Waals surface area contributed by atoms with E-state index in [0.29, 0.717) is 5.69 Å². The van der Waals surface area contributed by atoms with Gasteiger partial charge in [0, 0.05) is 37.0 Å². The lowest BCUT2D eigenvalue weighted by molar-refractivity contribution is -0.142. The first-order valence-electron chi connectivity index (χ1n) is 12.4. The fourth-order valence-electron chi connectivity index (χ4n) is 3.39. The largest absolute Gasteiger partial charge is 0.481 e. The summed E-state index contributed by atoms with van der Waals surface area (Å²) in [6.07, 6.45) is 1.88. The zero-order valence-corrected chi connectivity index (χ0v) is 22.9. The molecule has 0 aliphatic heterocycles. The topological polar surface area (TPSA) is 310 Å². The van der Waals surface area contributed by atoms with Crippen molar-refractivity contribution in [3.05, 3.63) is 18.2 Å². The van der Waals surface area contributed by atoms with Crippen LogP contribution in [0.5, 0.6) is 0 Å². The number of aromatic amines is 1. The van der Waals surface area contributed by atoms with E-state index in [1.807, 2.05) is 0 Å². The molecule has 4 amide bonds. The van der Waals surface area contributed by atoms with Crippen molar-refractivity contribution in [2.45, 2.75) is 56.3 Å². The number of H-pyrrole nitrogens is 1. The molecule has 0 saturated heterocycles. The molecule has 0 aromatic carbocycles. The molecule has 0 spiro atoms. The van der Waals surface area contributed by atoms with E-state index in [0.717, 1.165) is 0 Å². The number of carbonyl (C=O) groups is 6. The number of hydrogen-bond donors (Lipinski definition) is 11. The van der Waals surface area contributed by atoms with Crippen LogP contribution in [0.4, 0.5) is 0 Å². The SMILES string of the molecule is NCC(=O)N[C@@H](CS)C(=O)N[C@@H](CCC(=O)O)C(=O)N[C@@H](Cc1cnc[nH]1)C(=O)N[C@@H](CCCN=C(N)N)C(=O)O. The van der Waals surface area contributed by atoms with Gasteiger partial charge in [0.15, 0.2) is 5.96 Å². The van der Waals surface area contributed by atoms with Crippen LogP contribution in [0.15, 0.2) is 17.5 Å². The van der Waals surface area contributed by atoms with Gasteiger partial charge in [-0.2, -0.15) is 12.6 Å². The van der Waals surface area contributed by atoms with E-state index in [4.69, 9.17) is 22.3 Å². The van der Waals surface area contributed by atoms with E-state index >= 15 is 0 Å². The number of amides is 4. The molecule has 0 fully saturated rings. The fourth-order valence-corrected chi connectivity index (χ4v) is 3.64. The molecule has 0 saturated carbocycles. The molecule has 0 aliphatic rings. The average Bonchev–Trinajstić information content (AvgIpc) is 3.43. The Balaban J connectivity index is 3.11. The Morgan fingerprint density at radius 3 is 2.07 bits per heavy atom. The van der Waals surface area contributed by atoms with E-state index in [-0.39, 0.29) is 43.9 Å². The normalized spacial score (nSPS) is 13.5. The number of hydrogen-bond acceptors (Lipinski definition) is 10. The molecule has 18 nitrogen and oxygen atoms in total. The van der Waals surface area contributed by atoms with Crippen molar-refractivity contribution < 1.29 is 39.0 Å². The molecule has 13 N–H and O–H groups in total. The Hall–Kier alpha value is -4.39. The number of carbonyl (C=O) groups excluding carboxylic acids is 4. The van der Waals surface area contributed by atoms with Crippen LogP contribution >= 0.6 is 12.6 Å². The first-order valence-corrected chi connectivity index (χ1v) is 13.0. The molecule has 1 aromatic heterocycles. The van der Waals surface area contributed by atoms with E-state index in [1.54, 1.807) is 0 Å². The fraction of sp³-hybridized carbons (Fsp3) is 0.545. The van der Waals surface area contributed by atoms with Gasteiger partial charge in [0.05, 0.1) is 12.9 Å². The van der Waals surface area contributed by atoms with Gasteiger partial charge in [-0.3, -0.25) is 29.0 Å². The predicted octanol–water partition coefficient (Wildman–Crippen LogP) is -4.22. The van der Waals surface area contributed by atoms with E-state index in [9.17, 15) is 33.9 Å². The number of aliphatic carboxylic acids is 2. The number of nitrogens with two attached hydrogens (primary N) is 3. The van der Waals surface area contributed by atoms with Crippen LogP contribution in [0.2, 0.25) is 0 Å². The second kappa shape index (κ2) is 18.1. The Labute approximate surface area is 240 Å². The summed E-state index contributed by atoms with van der Waals surface area (Å²) in [4.78, 5) is 84.0. The highest BCUT2D eigenvalue weighted by Crippen LogP contribution is 2.06. The number of aliphatic imine (C=N–C) groups is 1. The number of guanidine groups is 1. The van der Waals surface area contributed by atoms with Crippen molar-refractivity contribution in [1.82, 2.24) is 31.2 Å². The lowest BCUT2D eigenvalue weighted by atomic mass is 10.1. The maximum Gasteiger partial charge on any atom is 0.326 e. The third-order valence-corrected chi connectivity index (χ3v) is 5.84. The second-order valence-corrected chi connectivity index (χ2v) is 9.06. The van der Waals surface area contributed by atoms with Gasteiger partial charge in [0.2, 0.25) is 23.6 Å². The number of imidazole rings is 1. The van der Waals surface area contributed by atoms with Crippen LogP contribution in [0.3, 0.4) is 0 Å². The highest BCUT2D eigenvalue weighted by Gasteiger charge is 2.31. The van der Waals surface area contributed by atoms with Crippen LogP contribution in [0, 0.1) is 0 Å². The van der Waals surface area contributed by atoms with Crippen LogP contribution < -0.4 is 38.5 Å². The average molecular weight is 601 g/mol. The lowest BCUT2D eigenvalue weighted by Gasteiger charge is -2.25. The molecule has 1 heterocycles. The molecule has 1 rings (SSSR count). The molecule has 228 valence electrons.